The summed E-state index contributed by atoms with van der Waals surface area (Å²) in [6.07, 6.45) is 2.30. The van der Waals surface area contributed by atoms with Crippen molar-refractivity contribution >= 4 is 23.2 Å². The molecule has 18 heavy (non-hydrogen) atoms. The molecule has 0 radical (unpaired) electrons. The number of likely N-dealkylation sites (N-methyl/N-ethyl adjacent to an activating group) is 1. The number of rotatable bonds is 7. The molecule has 1 rings (SSSR count). The van der Waals surface area contributed by atoms with Crippen LogP contribution in [0.1, 0.15) is 42.2 Å². The highest BCUT2D eigenvalue weighted by atomic mass is 32.1. The van der Waals surface area contributed by atoms with Crippen LogP contribution in [0.15, 0.2) is 5.38 Å². The molecule has 1 aromatic rings. The van der Waals surface area contributed by atoms with E-state index >= 15 is 0 Å². The number of thiazole rings is 1. The number of nitrogens with zero attached hydrogens (tertiary/aromatic N) is 2. The number of unbranched alkanes of at least 4 members (excludes halogenated alkanes) is 1. The molecular formula is C12H19N3O2S. The molecule has 2 N–H and O–H groups in total. The maximum absolute atomic E-state index is 12.0. The molecule has 1 heterocycles. The van der Waals surface area contributed by atoms with Gasteiger partial charge in [0.05, 0.1) is 12.1 Å². The number of carbonyl (C=O) groups is 2. The minimum Gasteiger partial charge on any atom is -0.364 e. The van der Waals surface area contributed by atoms with Crippen molar-refractivity contribution in [2.24, 2.45) is 5.73 Å². The van der Waals surface area contributed by atoms with E-state index in [4.69, 9.17) is 5.73 Å². The van der Waals surface area contributed by atoms with Crippen LogP contribution in [0.5, 0.6) is 0 Å². The fraction of sp³-hybridized carbons (Fsp3) is 0.583. The third-order valence-corrected chi connectivity index (χ3v) is 3.52. The van der Waals surface area contributed by atoms with Crippen molar-refractivity contribution in [3.63, 3.8) is 0 Å². The third kappa shape index (κ3) is 4.10. The maximum atomic E-state index is 12.0. The van der Waals surface area contributed by atoms with E-state index < -0.39 is 5.91 Å². The lowest BCUT2D eigenvalue weighted by Gasteiger charge is -2.20. The molecule has 0 aliphatic rings. The highest BCUT2D eigenvalue weighted by Crippen LogP contribution is 2.10. The normalized spacial score (nSPS) is 10.3. The molecule has 0 aliphatic carbocycles. The Bertz CT molecular complexity index is 417. The molecule has 1 aromatic heterocycles. The van der Waals surface area contributed by atoms with E-state index in [0.717, 1.165) is 19.4 Å². The van der Waals surface area contributed by atoms with Crippen LogP contribution in [0.4, 0.5) is 0 Å². The van der Waals surface area contributed by atoms with Crippen LogP contribution in [0.25, 0.3) is 0 Å². The Morgan fingerprint density at radius 1 is 1.44 bits per heavy atom. The molecule has 6 heteroatoms. The molecule has 0 bridgehead atoms. The number of amides is 2. The quantitative estimate of drug-likeness (QED) is 0.813. The van der Waals surface area contributed by atoms with E-state index in [1.807, 2.05) is 11.8 Å². The second-order valence-electron chi connectivity index (χ2n) is 4.01. The number of primary amides is 1. The Kier molecular flexibility index (Phi) is 5.77. The van der Waals surface area contributed by atoms with Gasteiger partial charge in [0, 0.05) is 18.5 Å². The molecule has 0 aromatic carbocycles. The topological polar surface area (TPSA) is 76.3 Å². The van der Waals surface area contributed by atoms with Crippen LogP contribution in [0.3, 0.4) is 0 Å². The molecule has 0 atom stereocenters. The minimum absolute atomic E-state index is 0.0484. The molecule has 100 valence electrons. The summed E-state index contributed by atoms with van der Waals surface area (Å²) in [6.45, 7) is 5.53. The first-order valence-electron chi connectivity index (χ1n) is 6.10. The highest BCUT2D eigenvalue weighted by Gasteiger charge is 2.14. The summed E-state index contributed by atoms with van der Waals surface area (Å²) in [6, 6.07) is 0. The van der Waals surface area contributed by atoms with Crippen LogP contribution in [0, 0.1) is 0 Å². The molecular weight excluding hydrogens is 250 g/mol. The van der Waals surface area contributed by atoms with E-state index in [9.17, 15) is 9.59 Å². The molecule has 0 saturated carbocycles. The highest BCUT2D eigenvalue weighted by molar-refractivity contribution is 7.11. The van der Waals surface area contributed by atoms with Gasteiger partial charge in [-0.05, 0) is 13.3 Å². The van der Waals surface area contributed by atoms with E-state index in [0.29, 0.717) is 12.2 Å². The molecule has 2 amide bonds. The first-order valence-corrected chi connectivity index (χ1v) is 6.98. The Labute approximate surface area is 111 Å². The Morgan fingerprint density at radius 2 is 2.17 bits per heavy atom. The lowest BCUT2D eigenvalue weighted by atomic mass is 10.2. The minimum atomic E-state index is -0.544. The zero-order chi connectivity index (χ0) is 13.5. The number of nitrogens with two attached hydrogens (primary N) is 1. The Balaban J connectivity index is 2.58. The fourth-order valence-electron chi connectivity index (χ4n) is 1.58. The first kappa shape index (κ1) is 14.6. The summed E-state index contributed by atoms with van der Waals surface area (Å²) in [5.41, 5.74) is 5.74. The fourth-order valence-corrected chi connectivity index (χ4v) is 2.25. The average Bonchev–Trinajstić information content (AvgIpc) is 2.78. The predicted molar refractivity (Wildman–Crippen MR) is 71.5 cm³/mol. The lowest BCUT2D eigenvalue weighted by Crippen LogP contribution is -2.33. The van der Waals surface area contributed by atoms with E-state index in [1.54, 1.807) is 5.38 Å². The van der Waals surface area contributed by atoms with Crippen molar-refractivity contribution in [1.29, 1.82) is 0 Å². The van der Waals surface area contributed by atoms with Gasteiger partial charge >= 0.3 is 0 Å². The predicted octanol–water partition coefficient (Wildman–Crippen LogP) is 1.43. The smallest absolute Gasteiger partial charge is 0.277 e. The third-order valence-electron chi connectivity index (χ3n) is 2.61. The van der Waals surface area contributed by atoms with Crippen LogP contribution >= 0.6 is 11.3 Å². The zero-order valence-electron chi connectivity index (χ0n) is 10.8. The summed E-state index contributed by atoms with van der Waals surface area (Å²) in [5.74, 6) is -0.496. The van der Waals surface area contributed by atoms with E-state index in [2.05, 4.69) is 11.9 Å². The van der Waals surface area contributed by atoms with Gasteiger partial charge in [0.25, 0.3) is 5.91 Å². The number of aromatic nitrogens is 1. The van der Waals surface area contributed by atoms with Crippen molar-refractivity contribution < 1.29 is 9.59 Å². The lowest BCUT2D eigenvalue weighted by molar-refractivity contribution is -0.130. The van der Waals surface area contributed by atoms with Crippen molar-refractivity contribution in [2.75, 3.05) is 13.1 Å². The molecule has 0 aliphatic heterocycles. The van der Waals surface area contributed by atoms with Gasteiger partial charge in [-0.15, -0.1) is 11.3 Å². The van der Waals surface area contributed by atoms with Crippen molar-refractivity contribution in [3.05, 3.63) is 16.1 Å². The molecule has 0 fully saturated rings. The van der Waals surface area contributed by atoms with Gasteiger partial charge in [0.1, 0.15) is 0 Å². The molecule has 0 saturated heterocycles. The van der Waals surface area contributed by atoms with Gasteiger partial charge in [0.2, 0.25) is 5.91 Å². The average molecular weight is 269 g/mol. The Hall–Kier alpha value is -1.43. The van der Waals surface area contributed by atoms with Crippen molar-refractivity contribution in [3.8, 4) is 0 Å². The van der Waals surface area contributed by atoms with Gasteiger partial charge in [-0.2, -0.15) is 0 Å². The number of hydrogen-bond acceptors (Lipinski definition) is 4. The van der Waals surface area contributed by atoms with Crippen molar-refractivity contribution in [1.82, 2.24) is 9.88 Å². The summed E-state index contributed by atoms with van der Waals surface area (Å²) < 4.78 is 0. The summed E-state index contributed by atoms with van der Waals surface area (Å²) in [7, 11) is 0. The summed E-state index contributed by atoms with van der Waals surface area (Å²) >= 11 is 1.18. The zero-order valence-corrected chi connectivity index (χ0v) is 11.6. The molecule has 0 unspecified atom stereocenters. The van der Waals surface area contributed by atoms with Crippen LogP contribution < -0.4 is 5.73 Å². The van der Waals surface area contributed by atoms with Crippen LogP contribution in [-0.2, 0) is 11.2 Å². The Morgan fingerprint density at radius 3 is 2.67 bits per heavy atom. The standard InChI is InChI=1S/C12H19N3O2S/c1-3-5-6-15(4-2)10(16)7-9-8-18-12(14-9)11(13)17/h8H,3-7H2,1-2H3,(H2,13,17). The number of carbonyl (C=O) groups excluding carboxylic acids is 2. The monoisotopic (exact) mass is 269 g/mol. The summed E-state index contributed by atoms with van der Waals surface area (Å²) in [4.78, 5) is 28.8. The largest absolute Gasteiger partial charge is 0.364 e. The van der Waals surface area contributed by atoms with E-state index in [-0.39, 0.29) is 17.3 Å². The van der Waals surface area contributed by atoms with Gasteiger partial charge in [0.15, 0.2) is 5.01 Å². The second kappa shape index (κ2) is 7.10. The van der Waals surface area contributed by atoms with Gasteiger partial charge in [-0.25, -0.2) is 4.98 Å². The van der Waals surface area contributed by atoms with Crippen molar-refractivity contribution in [2.45, 2.75) is 33.1 Å². The first-order chi connectivity index (χ1) is 8.58. The van der Waals surface area contributed by atoms with E-state index in [1.165, 1.54) is 11.3 Å². The molecule has 0 spiro atoms. The van der Waals surface area contributed by atoms with Crippen LogP contribution in [0.2, 0.25) is 0 Å². The SMILES string of the molecule is CCCCN(CC)C(=O)Cc1csc(C(N)=O)n1. The second-order valence-corrected chi connectivity index (χ2v) is 4.87. The summed E-state index contributed by atoms with van der Waals surface area (Å²) in [5, 5.41) is 1.97. The van der Waals surface area contributed by atoms with Gasteiger partial charge < -0.3 is 10.6 Å². The van der Waals surface area contributed by atoms with Crippen LogP contribution in [-0.4, -0.2) is 34.8 Å². The molecule has 5 nitrogen and oxygen atoms in total. The van der Waals surface area contributed by atoms with Gasteiger partial charge in [-0.1, -0.05) is 13.3 Å². The number of hydrogen-bond donors (Lipinski definition) is 1. The maximum Gasteiger partial charge on any atom is 0.277 e. The van der Waals surface area contributed by atoms with Gasteiger partial charge in [-0.3, -0.25) is 9.59 Å².